The number of ether oxygens (including phenoxy) is 1. The van der Waals surface area contributed by atoms with E-state index in [4.69, 9.17) is 4.74 Å². The molecule has 152 valence electrons. The largest absolute Gasteiger partial charge is 0.497 e. The van der Waals surface area contributed by atoms with E-state index in [2.05, 4.69) is 0 Å². The first-order valence-electron chi connectivity index (χ1n) is 9.36. The van der Waals surface area contributed by atoms with E-state index in [1.165, 1.54) is 11.3 Å². The lowest BCUT2D eigenvalue weighted by atomic mass is 10.2. The molecule has 1 aliphatic rings. The molecule has 2 aromatic rings. The second-order valence-corrected chi connectivity index (χ2v) is 10.3. The van der Waals surface area contributed by atoms with E-state index in [9.17, 15) is 13.2 Å². The van der Waals surface area contributed by atoms with Gasteiger partial charge in [-0.25, -0.2) is 8.42 Å². The summed E-state index contributed by atoms with van der Waals surface area (Å²) in [4.78, 5) is 15.0. The Bertz CT molecular complexity index is 901. The first-order valence-corrected chi connectivity index (χ1v) is 11.6. The van der Waals surface area contributed by atoms with E-state index in [0.717, 1.165) is 35.5 Å². The normalized spacial score (nSPS) is 15.4. The summed E-state index contributed by atoms with van der Waals surface area (Å²) in [5, 5.41) is 0. The molecule has 28 heavy (non-hydrogen) atoms. The van der Waals surface area contributed by atoms with Gasteiger partial charge >= 0.3 is 0 Å². The monoisotopic (exact) mass is 422 g/mol. The van der Waals surface area contributed by atoms with Crippen molar-refractivity contribution in [1.29, 1.82) is 0 Å². The number of likely N-dealkylation sites (N-methyl/N-ethyl adjacent to an activating group) is 1. The zero-order valence-corrected chi connectivity index (χ0v) is 17.9. The van der Waals surface area contributed by atoms with Crippen LogP contribution in [-0.4, -0.2) is 50.8 Å². The highest BCUT2D eigenvalue weighted by Crippen LogP contribution is 2.27. The molecule has 0 aliphatic carbocycles. The van der Waals surface area contributed by atoms with Crippen LogP contribution in [0.4, 0.5) is 0 Å². The van der Waals surface area contributed by atoms with Crippen molar-refractivity contribution in [1.82, 2.24) is 9.21 Å². The fraction of sp³-hybridized carbons (Fsp3) is 0.450. The highest BCUT2D eigenvalue weighted by atomic mass is 32.2. The predicted molar refractivity (Wildman–Crippen MR) is 110 cm³/mol. The smallest absolute Gasteiger partial charge is 0.252 e. The summed E-state index contributed by atoms with van der Waals surface area (Å²) < 4.78 is 32.5. The maximum absolute atomic E-state index is 12.7. The lowest BCUT2D eigenvalue weighted by Gasteiger charge is -2.25. The van der Waals surface area contributed by atoms with E-state index in [1.807, 2.05) is 24.3 Å². The molecular weight excluding hydrogens is 396 g/mol. The second-order valence-electron chi connectivity index (χ2n) is 6.96. The third-order valence-electron chi connectivity index (χ3n) is 4.88. The van der Waals surface area contributed by atoms with Crippen LogP contribution in [0.1, 0.15) is 29.7 Å². The van der Waals surface area contributed by atoms with E-state index in [1.54, 1.807) is 35.5 Å². The van der Waals surface area contributed by atoms with Gasteiger partial charge in [-0.1, -0.05) is 18.6 Å². The minimum Gasteiger partial charge on any atom is -0.497 e. The van der Waals surface area contributed by atoms with Crippen LogP contribution >= 0.6 is 11.3 Å². The average molecular weight is 423 g/mol. The molecule has 0 saturated carbocycles. The van der Waals surface area contributed by atoms with Crippen molar-refractivity contribution < 1.29 is 17.9 Å². The Morgan fingerprint density at radius 1 is 1.11 bits per heavy atom. The molecular formula is C20H26N2O4S2. The molecule has 1 aromatic heterocycles. The van der Waals surface area contributed by atoms with Gasteiger partial charge in [0.2, 0.25) is 5.91 Å². The SMILES string of the molecule is COc1ccc(CN(C)C(=O)Cc2ccc(S(=O)(=O)N3CCCCC3)s2)cc1. The third kappa shape index (κ3) is 4.92. The summed E-state index contributed by atoms with van der Waals surface area (Å²) in [6.07, 6.45) is 3.10. The molecule has 1 amide bonds. The number of hydrogen-bond acceptors (Lipinski definition) is 5. The molecule has 1 aromatic carbocycles. The summed E-state index contributed by atoms with van der Waals surface area (Å²) in [7, 11) is -0.0653. The fourth-order valence-corrected chi connectivity index (χ4v) is 6.22. The number of hydrogen-bond donors (Lipinski definition) is 0. The molecule has 1 fully saturated rings. The number of piperidine rings is 1. The highest BCUT2D eigenvalue weighted by Gasteiger charge is 2.27. The van der Waals surface area contributed by atoms with Gasteiger partial charge in [0.15, 0.2) is 0 Å². The van der Waals surface area contributed by atoms with Gasteiger partial charge in [-0.05, 0) is 42.7 Å². The van der Waals surface area contributed by atoms with Crippen molar-refractivity contribution in [3.05, 3.63) is 46.8 Å². The Kier molecular flexibility index (Phi) is 6.74. The van der Waals surface area contributed by atoms with Crippen molar-refractivity contribution in [3.63, 3.8) is 0 Å². The first kappa shape index (κ1) is 20.8. The Balaban J connectivity index is 1.61. The van der Waals surface area contributed by atoms with Crippen LogP contribution in [0.2, 0.25) is 0 Å². The summed E-state index contributed by atoms with van der Waals surface area (Å²) in [5.74, 6) is 0.735. The quantitative estimate of drug-likeness (QED) is 0.688. The number of carbonyl (C=O) groups excluding carboxylic acids is 1. The second kappa shape index (κ2) is 9.07. The zero-order valence-electron chi connectivity index (χ0n) is 16.3. The van der Waals surface area contributed by atoms with Crippen LogP contribution in [0.15, 0.2) is 40.6 Å². The lowest BCUT2D eigenvalue weighted by molar-refractivity contribution is -0.129. The Morgan fingerprint density at radius 2 is 1.79 bits per heavy atom. The molecule has 0 atom stereocenters. The van der Waals surface area contributed by atoms with Crippen LogP contribution in [-0.2, 0) is 27.8 Å². The lowest BCUT2D eigenvalue weighted by Crippen LogP contribution is -2.35. The van der Waals surface area contributed by atoms with Gasteiger partial charge in [0.05, 0.1) is 13.5 Å². The summed E-state index contributed by atoms with van der Waals surface area (Å²) in [5.41, 5.74) is 1.01. The third-order valence-corrected chi connectivity index (χ3v) is 8.33. The van der Waals surface area contributed by atoms with E-state index in [-0.39, 0.29) is 12.3 Å². The summed E-state index contributed by atoms with van der Waals surface area (Å²) in [6.45, 7) is 1.66. The average Bonchev–Trinajstić information content (AvgIpc) is 3.18. The molecule has 0 N–H and O–H groups in total. The van der Waals surface area contributed by atoms with Gasteiger partial charge < -0.3 is 9.64 Å². The van der Waals surface area contributed by atoms with Crippen LogP contribution in [0, 0.1) is 0 Å². The number of nitrogens with zero attached hydrogens (tertiary/aromatic N) is 2. The molecule has 1 saturated heterocycles. The van der Waals surface area contributed by atoms with Crippen molar-refractivity contribution >= 4 is 27.3 Å². The van der Waals surface area contributed by atoms with Gasteiger partial charge in [0.25, 0.3) is 10.0 Å². The van der Waals surface area contributed by atoms with Crippen LogP contribution in [0.3, 0.4) is 0 Å². The summed E-state index contributed by atoms with van der Waals surface area (Å²) >= 11 is 1.20. The number of rotatable bonds is 7. The first-order chi connectivity index (χ1) is 13.4. The Hall–Kier alpha value is -1.90. The van der Waals surface area contributed by atoms with Gasteiger partial charge in [0.1, 0.15) is 9.96 Å². The number of amides is 1. The number of carbonyl (C=O) groups is 1. The highest BCUT2D eigenvalue weighted by molar-refractivity contribution is 7.91. The van der Waals surface area contributed by atoms with Crippen molar-refractivity contribution in [2.24, 2.45) is 0 Å². The van der Waals surface area contributed by atoms with Gasteiger partial charge in [-0.2, -0.15) is 4.31 Å². The van der Waals surface area contributed by atoms with Gasteiger partial charge in [-0.3, -0.25) is 4.79 Å². The zero-order chi connectivity index (χ0) is 20.1. The Morgan fingerprint density at radius 3 is 2.43 bits per heavy atom. The van der Waals surface area contributed by atoms with Gasteiger partial charge in [-0.15, -0.1) is 11.3 Å². The van der Waals surface area contributed by atoms with Crippen LogP contribution < -0.4 is 4.74 Å². The summed E-state index contributed by atoms with van der Waals surface area (Å²) in [6, 6.07) is 11.0. The number of methoxy groups -OCH3 is 1. The van der Waals surface area contributed by atoms with Gasteiger partial charge in [0, 0.05) is 31.6 Å². The molecule has 2 heterocycles. The molecule has 3 rings (SSSR count). The maximum Gasteiger partial charge on any atom is 0.252 e. The standard InChI is InChI=1S/C20H26N2O4S2/c1-21(15-16-6-8-17(26-2)9-7-16)19(23)14-18-10-11-20(27-18)28(24,25)22-12-4-3-5-13-22/h6-11H,3-5,12-15H2,1-2H3. The molecule has 8 heteroatoms. The maximum atomic E-state index is 12.7. The van der Waals surface area contributed by atoms with Crippen molar-refractivity contribution in [2.45, 2.75) is 36.4 Å². The molecule has 6 nitrogen and oxygen atoms in total. The molecule has 0 unspecified atom stereocenters. The van der Waals surface area contributed by atoms with E-state index in [0.29, 0.717) is 23.8 Å². The van der Waals surface area contributed by atoms with Crippen LogP contribution in [0.25, 0.3) is 0 Å². The van der Waals surface area contributed by atoms with Crippen molar-refractivity contribution in [2.75, 3.05) is 27.2 Å². The number of thiophene rings is 1. The van der Waals surface area contributed by atoms with Crippen molar-refractivity contribution in [3.8, 4) is 5.75 Å². The van der Waals surface area contributed by atoms with E-state index < -0.39 is 10.0 Å². The topological polar surface area (TPSA) is 66.9 Å². The Labute approximate surface area is 170 Å². The fourth-order valence-electron chi connectivity index (χ4n) is 3.20. The molecule has 0 bridgehead atoms. The van der Waals surface area contributed by atoms with E-state index >= 15 is 0 Å². The molecule has 1 aliphatic heterocycles. The molecule has 0 spiro atoms. The minimum absolute atomic E-state index is 0.0420. The molecule has 0 radical (unpaired) electrons. The minimum atomic E-state index is -3.44. The number of benzene rings is 1. The van der Waals surface area contributed by atoms with Crippen LogP contribution in [0.5, 0.6) is 5.75 Å². The predicted octanol–water partition coefficient (Wildman–Crippen LogP) is 3.13. The number of sulfonamides is 1.